The second-order valence-electron chi connectivity index (χ2n) is 12.1. The molecule has 0 bridgehead atoms. The minimum Gasteiger partial charge on any atom is -0.497 e. The van der Waals surface area contributed by atoms with E-state index >= 15 is 0 Å². The van der Waals surface area contributed by atoms with Crippen LogP contribution in [0.15, 0.2) is 71.5 Å². The van der Waals surface area contributed by atoms with Gasteiger partial charge in [-0.2, -0.15) is 0 Å². The normalized spacial score (nSPS) is 16.8. The molecule has 2 aliphatic heterocycles. The second-order valence-corrected chi connectivity index (χ2v) is 12.1. The monoisotopic (exact) mass is 672 g/mol. The molecule has 2 saturated heterocycles. The van der Waals surface area contributed by atoms with Crippen LogP contribution in [0.5, 0.6) is 11.5 Å². The summed E-state index contributed by atoms with van der Waals surface area (Å²) >= 11 is 0. The predicted molar refractivity (Wildman–Crippen MR) is 186 cm³/mol. The number of carbonyl (C=O) groups is 2. The van der Waals surface area contributed by atoms with E-state index in [2.05, 4.69) is 5.32 Å². The van der Waals surface area contributed by atoms with Crippen molar-refractivity contribution in [1.82, 2.24) is 19.5 Å². The summed E-state index contributed by atoms with van der Waals surface area (Å²) in [5.41, 5.74) is 7.01. The van der Waals surface area contributed by atoms with Gasteiger partial charge in [-0.1, -0.05) is 12.1 Å². The van der Waals surface area contributed by atoms with Crippen LogP contribution in [0.1, 0.15) is 32.1 Å². The quantitative estimate of drug-likeness (QED) is 0.285. The lowest BCUT2D eigenvalue weighted by atomic mass is 10.1. The Morgan fingerprint density at radius 2 is 1.78 bits per heavy atom. The summed E-state index contributed by atoms with van der Waals surface area (Å²) in [7, 11) is 1.54. The zero-order valence-electron chi connectivity index (χ0n) is 27.8. The van der Waals surface area contributed by atoms with E-state index in [-0.39, 0.29) is 17.6 Å². The van der Waals surface area contributed by atoms with Crippen LogP contribution in [0.25, 0.3) is 10.9 Å². The molecule has 0 radical (unpaired) electrons. The van der Waals surface area contributed by atoms with Gasteiger partial charge in [-0.15, -0.1) is 0 Å². The van der Waals surface area contributed by atoms with Crippen molar-refractivity contribution < 1.29 is 23.5 Å². The Morgan fingerprint density at radius 1 is 1.04 bits per heavy atom. The Balaban J connectivity index is 1.41. The Labute approximate surface area is 283 Å². The van der Waals surface area contributed by atoms with Crippen LogP contribution >= 0.6 is 0 Å². The summed E-state index contributed by atoms with van der Waals surface area (Å²) in [5.74, 6) is 0.780. The summed E-state index contributed by atoms with van der Waals surface area (Å²) in [4.78, 5) is 51.8. The van der Waals surface area contributed by atoms with E-state index in [4.69, 9.17) is 20.2 Å². The first-order chi connectivity index (χ1) is 23.7. The maximum Gasteiger partial charge on any atom is 0.327 e. The van der Waals surface area contributed by atoms with Gasteiger partial charge in [0.25, 0.3) is 5.56 Å². The minimum atomic E-state index is -0.837. The molecule has 2 aliphatic rings. The standard InChI is InChI=1S/C35H41FN8O5/c1-4-49-31-21-27(48-3)13-14-30(31)43(34(46)38-26-11-9-24(36)10-12-26)23(2)32-39-29-8-6-5-7-28(29)33(45)44(32)42-19-17-40(18-20-42)35(47)41-16-15-25(37)22-41/h5-14,21,23,25H,4,15-20,22,37H2,1-3H3,(H,38,46)/t23?,25-/m0/s1. The van der Waals surface area contributed by atoms with E-state index in [1.807, 2.05) is 11.9 Å². The van der Waals surface area contributed by atoms with E-state index < -0.39 is 17.9 Å². The van der Waals surface area contributed by atoms with Gasteiger partial charge < -0.3 is 35.3 Å². The SMILES string of the molecule is CCOc1cc(OC)ccc1N(C(=O)Nc1ccc(F)cc1)C(C)c1nc2ccccc2c(=O)n1N1CCN(C(=O)N2CC[C@H](N)C2)CC1. The van der Waals surface area contributed by atoms with Crippen LogP contribution in [-0.2, 0) is 0 Å². The van der Waals surface area contributed by atoms with Crippen molar-refractivity contribution in [2.45, 2.75) is 32.4 Å². The van der Waals surface area contributed by atoms with Crippen molar-refractivity contribution in [3.8, 4) is 11.5 Å². The molecule has 2 fully saturated rings. The number of ether oxygens (including phenoxy) is 2. The number of nitrogens with zero attached hydrogens (tertiary/aromatic N) is 6. The molecule has 0 saturated carbocycles. The fraction of sp³-hybridized carbons (Fsp3) is 0.371. The second kappa shape index (κ2) is 14.4. The zero-order chi connectivity index (χ0) is 34.7. The highest BCUT2D eigenvalue weighted by Gasteiger charge is 2.34. The summed E-state index contributed by atoms with van der Waals surface area (Å²) in [6, 6.07) is 16.2. The fourth-order valence-corrected chi connectivity index (χ4v) is 6.35. The molecule has 3 heterocycles. The van der Waals surface area contributed by atoms with Crippen LogP contribution < -0.4 is 36.0 Å². The minimum absolute atomic E-state index is 0.0197. The number of nitrogens with two attached hydrogens (primary N) is 1. The third kappa shape index (κ3) is 6.95. The van der Waals surface area contributed by atoms with Gasteiger partial charge >= 0.3 is 12.1 Å². The number of urea groups is 2. The number of aromatic nitrogens is 2. The predicted octanol–water partition coefficient (Wildman–Crippen LogP) is 4.15. The molecule has 4 aromatic rings. The third-order valence-electron chi connectivity index (χ3n) is 8.89. The number of hydrogen-bond acceptors (Lipinski definition) is 8. The maximum absolute atomic E-state index is 14.3. The van der Waals surface area contributed by atoms with E-state index in [0.717, 1.165) is 6.42 Å². The van der Waals surface area contributed by atoms with Gasteiger partial charge in [-0.05, 0) is 68.8 Å². The fourth-order valence-electron chi connectivity index (χ4n) is 6.35. The average Bonchev–Trinajstić information content (AvgIpc) is 3.56. The number of amides is 4. The smallest absolute Gasteiger partial charge is 0.327 e. The van der Waals surface area contributed by atoms with Crippen molar-refractivity contribution >= 4 is 34.3 Å². The largest absolute Gasteiger partial charge is 0.497 e. The number of para-hydroxylation sites is 1. The third-order valence-corrected chi connectivity index (χ3v) is 8.89. The Bertz CT molecular complexity index is 1880. The van der Waals surface area contributed by atoms with E-state index in [0.29, 0.717) is 85.5 Å². The molecule has 4 amide bonds. The number of halogens is 1. The van der Waals surface area contributed by atoms with Crippen molar-refractivity contribution in [1.29, 1.82) is 0 Å². The number of carbonyl (C=O) groups excluding carboxylic acids is 2. The summed E-state index contributed by atoms with van der Waals surface area (Å²) in [6.07, 6.45) is 0.773. The molecule has 13 nitrogen and oxygen atoms in total. The van der Waals surface area contributed by atoms with E-state index in [9.17, 15) is 18.8 Å². The van der Waals surface area contributed by atoms with Crippen LogP contribution in [0.3, 0.4) is 0 Å². The number of anilines is 2. The number of likely N-dealkylation sites (tertiary alicyclic amines) is 1. The molecule has 2 atom stereocenters. The number of methoxy groups -OCH3 is 1. The van der Waals surface area contributed by atoms with Crippen LogP contribution in [-0.4, -0.2) is 90.5 Å². The first-order valence-electron chi connectivity index (χ1n) is 16.4. The molecule has 0 aliphatic carbocycles. The Kier molecular flexibility index (Phi) is 9.85. The van der Waals surface area contributed by atoms with Gasteiger partial charge in [-0.25, -0.2) is 23.6 Å². The number of rotatable bonds is 8. The van der Waals surface area contributed by atoms with Crippen molar-refractivity contribution in [3.63, 3.8) is 0 Å². The zero-order valence-corrected chi connectivity index (χ0v) is 27.8. The highest BCUT2D eigenvalue weighted by atomic mass is 19.1. The summed E-state index contributed by atoms with van der Waals surface area (Å²) in [5, 5.41) is 5.16. The van der Waals surface area contributed by atoms with Crippen LogP contribution in [0, 0.1) is 5.82 Å². The number of fused-ring (bicyclic) bond motifs is 1. The molecule has 49 heavy (non-hydrogen) atoms. The van der Waals surface area contributed by atoms with Gasteiger partial charge in [0.2, 0.25) is 0 Å². The Hall–Kier alpha value is -5.37. The first kappa shape index (κ1) is 33.5. The highest BCUT2D eigenvalue weighted by Crippen LogP contribution is 2.37. The van der Waals surface area contributed by atoms with Gasteiger partial charge in [0.1, 0.15) is 17.3 Å². The summed E-state index contributed by atoms with van der Waals surface area (Å²) in [6.45, 7) is 6.58. The maximum atomic E-state index is 14.3. The molecular formula is C35H41FN8O5. The van der Waals surface area contributed by atoms with Crippen molar-refractivity contribution in [3.05, 3.63) is 88.7 Å². The molecule has 1 aromatic heterocycles. The molecule has 3 N–H and O–H groups in total. The summed E-state index contributed by atoms with van der Waals surface area (Å²) < 4.78 is 26.7. The number of hydrogen-bond donors (Lipinski definition) is 2. The van der Waals surface area contributed by atoms with Gasteiger partial charge in [0.15, 0.2) is 5.82 Å². The number of nitrogens with one attached hydrogen (secondary N) is 1. The molecule has 258 valence electrons. The van der Waals surface area contributed by atoms with Crippen molar-refractivity contribution in [2.24, 2.45) is 5.73 Å². The van der Waals surface area contributed by atoms with Gasteiger partial charge in [-0.3, -0.25) is 9.69 Å². The van der Waals surface area contributed by atoms with E-state index in [1.54, 1.807) is 59.2 Å². The number of benzene rings is 3. The van der Waals surface area contributed by atoms with Gasteiger partial charge in [0.05, 0.1) is 49.4 Å². The lowest BCUT2D eigenvalue weighted by Crippen LogP contribution is -2.58. The van der Waals surface area contributed by atoms with E-state index in [1.165, 1.54) is 41.0 Å². The molecule has 14 heteroatoms. The van der Waals surface area contributed by atoms with Crippen LogP contribution in [0.2, 0.25) is 0 Å². The Morgan fingerprint density at radius 3 is 2.45 bits per heavy atom. The average molecular weight is 673 g/mol. The van der Waals surface area contributed by atoms with Crippen molar-refractivity contribution in [2.75, 3.05) is 68.2 Å². The lowest BCUT2D eigenvalue weighted by Gasteiger charge is -2.40. The molecular weight excluding hydrogens is 631 g/mol. The van der Waals surface area contributed by atoms with Crippen LogP contribution in [0.4, 0.5) is 25.4 Å². The number of piperazine rings is 1. The molecule has 3 aromatic carbocycles. The van der Waals surface area contributed by atoms with Gasteiger partial charge in [0, 0.05) is 44.0 Å². The molecule has 6 rings (SSSR count). The lowest BCUT2D eigenvalue weighted by molar-refractivity contribution is 0.155. The topological polar surface area (TPSA) is 138 Å². The molecule has 0 spiro atoms. The molecule has 1 unspecified atom stereocenters. The first-order valence-corrected chi connectivity index (χ1v) is 16.4. The highest BCUT2D eigenvalue weighted by molar-refractivity contribution is 6.03.